The Hall–Kier alpha value is 0.0600. The molecule has 3 nitrogen and oxygen atoms in total. The number of hydrogen-bond donors (Lipinski definition) is 1. The predicted molar refractivity (Wildman–Crippen MR) is 70.9 cm³/mol. The summed E-state index contributed by atoms with van der Waals surface area (Å²) in [5, 5.41) is 0. The highest BCUT2D eigenvalue weighted by molar-refractivity contribution is 9.11. The zero-order valence-corrected chi connectivity index (χ0v) is 12.0. The molecule has 5 heteroatoms. The summed E-state index contributed by atoms with van der Waals surface area (Å²) in [4.78, 5) is 1.17. The minimum Gasteiger partial charge on any atom is -0.385 e. The molecule has 0 spiro atoms. The van der Waals surface area contributed by atoms with Crippen molar-refractivity contribution in [3.05, 3.63) is 20.8 Å². The van der Waals surface area contributed by atoms with Crippen LogP contribution in [0.3, 0.4) is 0 Å². The fourth-order valence-electron chi connectivity index (χ4n) is 1.39. The van der Waals surface area contributed by atoms with Crippen LogP contribution in [0.25, 0.3) is 0 Å². The topological polar surface area (TPSA) is 44.5 Å². The number of nitrogens with two attached hydrogens (primary N) is 1. The summed E-state index contributed by atoms with van der Waals surface area (Å²) in [5.74, 6) is 0. The van der Waals surface area contributed by atoms with Crippen LogP contribution in [0.5, 0.6) is 0 Å². The van der Waals surface area contributed by atoms with Crippen LogP contribution in [0.1, 0.15) is 24.3 Å². The number of rotatable bonds is 7. The Morgan fingerprint density at radius 1 is 1.44 bits per heavy atom. The molecule has 0 saturated heterocycles. The van der Waals surface area contributed by atoms with E-state index in [1.165, 1.54) is 4.88 Å². The lowest BCUT2D eigenvalue weighted by atomic mass is 10.1. The Balaban J connectivity index is 2.48. The van der Waals surface area contributed by atoms with Crippen LogP contribution >= 0.6 is 27.3 Å². The second-order valence-corrected chi connectivity index (χ2v) is 6.13. The number of hydrogen-bond acceptors (Lipinski definition) is 4. The Bertz CT molecular complexity index is 304. The van der Waals surface area contributed by atoms with E-state index in [-0.39, 0.29) is 12.1 Å². The van der Waals surface area contributed by atoms with E-state index in [0.29, 0.717) is 6.61 Å². The number of thiophene rings is 1. The van der Waals surface area contributed by atoms with Crippen molar-refractivity contribution >= 4 is 27.3 Å². The van der Waals surface area contributed by atoms with Crippen LogP contribution in [0.2, 0.25) is 0 Å². The second-order valence-electron chi connectivity index (χ2n) is 3.64. The van der Waals surface area contributed by atoms with Crippen LogP contribution < -0.4 is 5.73 Å². The predicted octanol–water partition coefficient (Wildman–Crippen LogP) is 2.95. The maximum Gasteiger partial charge on any atom is 0.106 e. The molecule has 1 aromatic rings. The molecule has 0 saturated carbocycles. The van der Waals surface area contributed by atoms with E-state index in [2.05, 4.69) is 22.0 Å². The third-order valence-electron chi connectivity index (χ3n) is 2.14. The van der Waals surface area contributed by atoms with E-state index in [4.69, 9.17) is 15.2 Å². The highest BCUT2D eigenvalue weighted by atomic mass is 79.9. The van der Waals surface area contributed by atoms with Gasteiger partial charge in [0.2, 0.25) is 0 Å². The van der Waals surface area contributed by atoms with Crippen LogP contribution in [0.4, 0.5) is 0 Å². The largest absolute Gasteiger partial charge is 0.385 e. The van der Waals surface area contributed by atoms with Crippen molar-refractivity contribution in [1.29, 1.82) is 0 Å². The average molecular weight is 308 g/mol. The molecule has 2 unspecified atom stereocenters. The van der Waals surface area contributed by atoms with Crippen molar-refractivity contribution in [3.8, 4) is 0 Å². The molecule has 0 aromatic carbocycles. The van der Waals surface area contributed by atoms with Gasteiger partial charge in [-0.05, 0) is 41.4 Å². The van der Waals surface area contributed by atoms with E-state index >= 15 is 0 Å². The first kappa shape index (κ1) is 14.1. The molecular weight excluding hydrogens is 290 g/mol. The van der Waals surface area contributed by atoms with Gasteiger partial charge in [-0.15, -0.1) is 11.3 Å². The van der Waals surface area contributed by atoms with Crippen LogP contribution in [-0.2, 0) is 9.47 Å². The molecule has 0 aliphatic heterocycles. The summed E-state index contributed by atoms with van der Waals surface area (Å²) >= 11 is 5.11. The van der Waals surface area contributed by atoms with E-state index in [9.17, 15) is 0 Å². The van der Waals surface area contributed by atoms with Gasteiger partial charge >= 0.3 is 0 Å². The summed E-state index contributed by atoms with van der Waals surface area (Å²) in [7, 11) is 1.69. The molecule has 0 radical (unpaired) electrons. The first-order chi connectivity index (χ1) is 7.65. The van der Waals surface area contributed by atoms with E-state index < -0.39 is 0 Å². The minimum atomic E-state index is -0.0202. The van der Waals surface area contributed by atoms with Gasteiger partial charge in [0.25, 0.3) is 0 Å². The van der Waals surface area contributed by atoms with Gasteiger partial charge in [0.05, 0.1) is 3.79 Å². The van der Waals surface area contributed by atoms with Gasteiger partial charge in [-0.3, -0.25) is 0 Å². The molecule has 1 heterocycles. The number of methoxy groups -OCH3 is 1. The maximum absolute atomic E-state index is 5.93. The number of halogens is 1. The fraction of sp³-hybridized carbons (Fsp3) is 0.636. The zero-order chi connectivity index (χ0) is 12.0. The first-order valence-corrected chi connectivity index (χ1v) is 6.87. The molecule has 0 bridgehead atoms. The Morgan fingerprint density at radius 2 is 2.19 bits per heavy atom. The summed E-state index contributed by atoms with van der Waals surface area (Å²) in [5.41, 5.74) is 5.93. The van der Waals surface area contributed by atoms with Gasteiger partial charge in [-0.1, -0.05) is 0 Å². The normalized spacial score (nSPS) is 15.0. The summed E-state index contributed by atoms with van der Waals surface area (Å²) < 4.78 is 11.9. The maximum atomic E-state index is 5.93. The molecule has 1 aromatic heterocycles. The molecule has 2 atom stereocenters. The zero-order valence-electron chi connectivity index (χ0n) is 9.61. The smallest absolute Gasteiger partial charge is 0.106 e. The van der Waals surface area contributed by atoms with Crippen molar-refractivity contribution < 1.29 is 9.47 Å². The SMILES string of the molecule is COCCCOC(c1ccc(Br)s1)C(C)N. The van der Waals surface area contributed by atoms with Gasteiger partial charge in [0, 0.05) is 31.2 Å². The van der Waals surface area contributed by atoms with Crippen molar-refractivity contribution in [2.75, 3.05) is 20.3 Å². The van der Waals surface area contributed by atoms with Gasteiger partial charge in [-0.2, -0.15) is 0 Å². The van der Waals surface area contributed by atoms with Crippen LogP contribution in [0, 0.1) is 0 Å². The Morgan fingerprint density at radius 3 is 2.69 bits per heavy atom. The number of ether oxygens (including phenoxy) is 2. The lowest BCUT2D eigenvalue weighted by Crippen LogP contribution is -2.26. The van der Waals surface area contributed by atoms with Crippen LogP contribution in [0.15, 0.2) is 15.9 Å². The lowest BCUT2D eigenvalue weighted by molar-refractivity contribution is 0.0285. The van der Waals surface area contributed by atoms with Crippen molar-refractivity contribution in [2.24, 2.45) is 5.73 Å². The Kier molecular flexibility index (Phi) is 6.53. The quantitative estimate of drug-likeness (QED) is 0.788. The first-order valence-electron chi connectivity index (χ1n) is 5.26. The molecule has 16 heavy (non-hydrogen) atoms. The molecule has 1 rings (SSSR count). The Labute approximate surface area is 109 Å². The monoisotopic (exact) mass is 307 g/mol. The highest BCUT2D eigenvalue weighted by Crippen LogP contribution is 2.30. The molecule has 0 amide bonds. The summed E-state index contributed by atoms with van der Waals surface area (Å²) in [6.45, 7) is 3.37. The molecule has 0 aliphatic rings. The van der Waals surface area contributed by atoms with Crippen LogP contribution in [-0.4, -0.2) is 26.4 Å². The molecule has 2 N–H and O–H groups in total. The second kappa shape index (κ2) is 7.40. The van der Waals surface area contributed by atoms with E-state index in [1.807, 2.05) is 13.0 Å². The van der Waals surface area contributed by atoms with Crippen molar-refractivity contribution in [3.63, 3.8) is 0 Å². The summed E-state index contributed by atoms with van der Waals surface area (Å²) in [6.07, 6.45) is 0.875. The molecule has 92 valence electrons. The fourth-order valence-corrected chi connectivity index (χ4v) is 2.98. The van der Waals surface area contributed by atoms with E-state index in [1.54, 1.807) is 18.4 Å². The highest BCUT2D eigenvalue weighted by Gasteiger charge is 2.18. The molecule has 0 fully saturated rings. The van der Waals surface area contributed by atoms with Gasteiger partial charge in [0.1, 0.15) is 6.10 Å². The summed E-state index contributed by atoms with van der Waals surface area (Å²) in [6, 6.07) is 4.07. The van der Waals surface area contributed by atoms with Crippen molar-refractivity contribution in [1.82, 2.24) is 0 Å². The average Bonchev–Trinajstić information content (AvgIpc) is 2.64. The van der Waals surface area contributed by atoms with Crippen molar-refractivity contribution in [2.45, 2.75) is 25.5 Å². The lowest BCUT2D eigenvalue weighted by Gasteiger charge is -2.20. The van der Waals surface area contributed by atoms with Gasteiger partial charge in [0.15, 0.2) is 0 Å². The van der Waals surface area contributed by atoms with Gasteiger partial charge in [-0.25, -0.2) is 0 Å². The van der Waals surface area contributed by atoms with Gasteiger partial charge < -0.3 is 15.2 Å². The third kappa shape index (κ3) is 4.51. The molecular formula is C11H18BrNO2S. The third-order valence-corrected chi connectivity index (χ3v) is 3.83. The standard InChI is InChI=1S/C11H18BrNO2S/c1-8(13)11(15-7-3-6-14-2)9-4-5-10(12)16-9/h4-5,8,11H,3,6-7,13H2,1-2H3. The van der Waals surface area contributed by atoms with E-state index in [0.717, 1.165) is 16.8 Å². The molecule has 0 aliphatic carbocycles. The minimum absolute atomic E-state index is 0.00639.